The lowest BCUT2D eigenvalue weighted by atomic mass is 9.95. The predicted octanol–water partition coefficient (Wildman–Crippen LogP) is 5.52. The topological polar surface area (TPSA) is 64.6 Å². The van der Waals surface area contributed by atoms with Crippen molar-refractivity contribution >= 4 is 18.1 Å². The van der Waals surface area contributed by atoms with Crippen molar-refractivity contribution in [1.82, 2.24) is 5.32 Å². The van der Waals surface area contributed by atoms with Crippen LogP contribution in [0.15, 0.2) is 30.3 Å². The number of aryl methyl sites for hydroxylation is 1. The number of nitrogens with one attached hydrogen (secondary N) is 1. The van der Waals surface area contributed by atoms with Gasteiger partial charge in [0.25, 0.3) is 6.47 Å². The number of amides is 1. The molecule has 0 aromatic heterocycles. The minimum Gasteiger partial charge on any atom is -0.471 e. The van der Waals surface area contributed by atoms with E-state index in [-0.39, 0.29) is 12.1 Å². The van der Waals surface area contributed by atoms with E-state index in [1.165, 1.54) is 23.8 Å². The highest BCUT2D eigenvalue weighted by molar-refractivity contribution is 5.71. The van der Waals surface area contributed by atoms with E-state index >= 15 is 0 Å². The molecule has 1 aromatic carbocycles. The number of hydrogen-bond donors (Lipinski definition) is 1. The molecule has 0 aliphatic carbocycles. The maximum Gasteiger partial charge on any atom is 0.407 e. The highest BCUT2D eigenvalue weighted by atomic mass is 16.6. The fourth-order valence-corrected chi connectivity index (χ4v) is 2.21. The van der Waals surface area contributed by atoms with E-state index in [1.807, 2.05) is 60.6 Å². The van der Waals surface area contributed by atoms with Crippen molar-refractivity contribution in [2.45, 2.75) is 73.5 Å². The van der Waals surface area contributed by atoms with Gasteiger partial charge in [0.1, 0.15) is 5.60 Å². The molecule has 0 aliphatic rings. The first-order valence-electron chi connectivity index (χ1n) is 9.31. The Kier molecular flexibility index (Phi) is 14.8. The van der Waals surface area contributed by atoms with Gasteiger partial charge in [-0.15, -0.1) is 0 Å². The van der Waals surface area contributed by atoms with E-state index in [4.69, 9.17) is 9.53 Å². The van der Waals surface area contributed by atoms with E-state index in [9.17, 15) is 4.79 Å². The Hall–Kier alpha value is -2.30. The van der Waals surface area contributed by atoms with Gasteiger partial charge in [0.15, 0.2) is 0 Å². The van der Waals surface area contributed by atoms with Gasteiger partial charge in [-0.05, 0) is 64.7 Å². The van der Waals surface area contributed by atoms with Crippen LogP contribution in [0.25, 0.3) is 5.57 Å². The van der Waals surface area contributed by atoms with Crippen molar-refractivity contribution in [3.63, 3.8) is 0 Å². The van der Waals surface area contributed by atoms with Crippen molar-refractivity contribution < 1.29 is 19.1 Å². The molecular formula is C22H37NO4. The lowest BCUT2D eigenvalue weighted by Gasteiger charge is -2.22. The second-order valence-electron chi connectivity index (χ2n) is 6.71. The molecule has 0 heterocycles. The van der Waals surface area contributed by atoms with Crippen LogP contribution in [0, 0.1) is 6.92 Å². The number of carbonyl (C=O) groups excluding carboxylic acids is 2. The van der Waals surface area contributed by atoms with E-state index in [0.717, 1.165) is 6.42 Å². The molecule has 1 unspecified atom stereocenters. The Morgan fingerprint density at radius 2 is 1.74 bits per heavy atom. The van der Waals surface area contributed by atoms with Gasteiger partial charge in [-0.3, -0.25) is 4.79 Å². The molecule has 0 saturated heterocycles. The van der Waals surface area contributed by atoms with E-state index in [2.05, 4.69) is 35.2 Å². The molecule has 27 heavy (non-hydrogen) atoms. The average molecular weight is 380 g/mol. The summed E-state index contributed by atoms with van der Waals surface area (Å²) in [5, 5.41) is 2.89. The SMILES string of the molecule is C/C=C(/CC(C)NC(=O)OC(C)(C)C)c1ccccc1C.CC.COC=O. The summed E-state index contributed by atoms with van der Waals surface area (Å²) in [7, 11) is 1.31. The summed E-state index contributed by atoms with van der Waals surface area (Å²) in [6, 6.07) is 8.31. The molecule has 0 saturated carbocycles. The molecule has 0 spiro atoms. The van der Waals surface area contributed by atoms with Crippen LogP contribution in [0.4, 0.5) is 4.79 Å². The van der Waals surface area contributed by atoms with Crippen LogP contribution in [0.1, 0.15) is 66.0 Å². The molecule has 154 valence electrons. The predicted molar refractivity (Wildman–Crippen MR) is 113 cm³/mol. The van der Waals surface area contributed by atoms with Gasteiger partial charge in [-0.2, -0.15) is 0 Å². The molecular weight excluding hydrogens is 342 g/mol. The summed E-state index contributed by atoms with van der Waals surface area (Å²) in [5.41, 5.74) is 3.24. The zero-order valence-electron chi connectivity index (χ0n) is 18.4. The first-order valence-corrected chi connectivity index (χ1v) is 9.31. The summed E-state index contributed by atoms with van der Waals surface area (Å²) in [6.07, 6.45) is 2.52. The third-order valence-electron chi connectivity index (χ3n) is 3.22. The minimum atomic E-state index is -0.469. The Morgan fingerprint density at radius 3 is 2.15 bits per heavy atom. The third-order valence-corrected chi connectivity index (χ3v) is 3.22. The molecule has 0 bridgehead atoms. The first-order chi connectivity index (χ1) is 12.6. The number of methoxy groups -OCH3 is 1. The highest BCUT2D eigenvalue weighted by Crippen LogP contribution is 2.23. The van der Waals surface area contributed by atoms with Crippen molar-refractivity contribution in [2.24, 2.45) is 0 Å². The maximum absolute atomic E-state index is 11.8. The van der Waals surface area contributed by atoms with Crippen LogP contribution in [-0.4, -0.2) is 31.3 Å². The Labute approximate surface area is 165 Å². The maximum atomic E-state index is 11.8. The van der Waals surface area contributed by atoms with Crippen LogP contribution in [0.3, 0.4) is 0 Å². The first kappa shape index (κ1) is 26.9. The monoisotopic (exact) mass is 379 g/mol. The highest BCUT2D eigenvalue weighted by Gasteiger charge is 2.18. The molecule has 0 fully saturated rings. The molecule has 1 amide bonds. The van der Waals surface area contributed by atoms with Crippen LogP contribution in [0.5, 0.6) is 0 Å². The normalized spacial score (nSPS) is 11.7. The third kappa shape index (κ3) is 13.5. The quantitative estimate of drug-likeness (QED) is 0.684. The number of benzene rings is 1. The number of rotatable bonds is 5. The number of allylic oxidation sites excluding steroid dienone is 1. The van der Waals surface area contributed by atoms with Gasteiger partial charge in [0.05, 0.1) is 7.11 Å². The van der Waals surface area contributed by atoms with Crippen LogP contribution in [-0.2, 0) is 14.3 Å². The molecule has 0 aliphatic heterocycles. The summed E-state index contributed by atoms with van der Waals surface area (Å²) >= 11 is 0. The summed E-state index contributed by atoms with van der Waals surface area (Å²) in [5.74, 6) is 0. The number of alkyl carbamates (subject to hydrolysis) is 1. The molecule has 1 atom stereocenters. The smallest absolute Gasteiger partial charge is 0.407 e. The second-order valence-corrected chi connectivity index (χ2v) is 6.71. The molecule has 1 N–H and O–H groups in total. The second kappa shape index (κ2) is 14.8. The Morgan fingerprint density at radius 1 is 1.22 bits per heavy atom. The van der Waals surface area contributed by atoms with Gasteiger partial charge in [-0.25, -0.2) is 4.79 Å². The van der Waals surface area contributed by atoms with E-state index in [1.54, 1.807) is 0 Å². The van der Waals surface area contributed by atoms with Crippen LogP contribution < -0.4 is 5.32 Å². The average Bonchev–Trinajstić information content (AvgIpc) is 2.60. The molecule has 5 nitrogen and oxygen atoms in total. The summed E-state index contributed by atoms with van der Waals surface area (Å²) in [4.78, 5) is 20.7. The number of carbonyl (C=O) groups is 2. The van der Waals surface area contributed by atoms with E-state index < -0.39 is 5.60 Å². The fourth-order valence-electron chi connectivity index (χ4n) is 2.21. The Bertz CT molecular complexity index is 574. The van der Waals surface area contributed by atoms with Crippen molar-refractivity contribution in [2.75, 3.05) is 7.11 Å². The molecule has 1 rings (SSSR count). The van der Waals surface area contributed by atoms with Gasteiger partial charge >= 0.3 is 6.09 Å². The van der Waals surface area contributed by atoms with E-state index in [0.29, 0.717) is 6.47 Å². The molecule has 5 heteroatoms. The van der Waals surface area contributed by atoms with Gasteiger partial charge < -0.3 is 14.8 Å². The Balaban J connectivity index is 0. The van der Waals surface area contributed by atoms with Crippen molar-refractivity contribution in [3.05, 3.63) is 41.5 Å². The zero-order chi connectivity index (χ0) is 21.5. The lowest BCUT2D eigenvalue weighted by molar-refractivity contribution is -0.126. The number of ether oxygens (including phenoxy) is 2. The largest absolute Gasteiger partial charge is 0.471 e. The van der Waals surface area contributed by atoms with Crippen molar-refractivity contribution in [1.29, 1.82) is 0 Å². The van der Waals surface area contributed by atoms with Crippen LogP contribution in [0.2, 0.25) is 0 Å². The van der Waals surface area contributed by atoms with Gasteiger partial charge in [0, 0.05) is 6.04 Å². The summed E-state index contributed by atoms with van der Waals surface area (Å²) in [6.45, 7) is 16.1. The molecule has 1 aromatic rings. The lowest BCUT2D eigenvalue weighted by Crippen LogP contribution is -2.37. The molecule has 0 radical (unpaired) electrons. The van der Waals surface area contributed by atoms with Gasteiger partial charge in [0.2, 0.25) is 0 Å². The number of hydrogen-bond acceptors (Lipinski definition) is 4. The fraction of sp³-hybridized carbons (Fsp3) is 0.545. The summed E-state index contributed by atoms with van der Waals surface area (Å²) < 4.78 is 9.14. The minimum absolute atomic E-state index is 0.0191. The van der Waals surface area contributed by atoms with Crippen LogP contribution >= 0.6 is 0 Å². The standard InChI is InChI=1S/C18H27NO2.C2H4O2.C2H6/c1-7-15(16-11-9-8-10-13(16)2)12-14(3)19-17(20)21-18(4,5)6;1-4-2-3;1-2/h7-11,14H,12H2,1-6H3,(H,19,20);2H,1H3;1-2H3/b15-7-;;. The van der Waals surface area contributed by atoms with Gasteiger partial charge in [-0.1, -0.05) is 44.2 Å². The van der Waals surface area contributed by atoms with Crippen molar-refractivity contribution in [3.8, 4) is 0 Å². The zero-order valence-corrected chi connectivity index (χ0v) is 18.4.